The number of benzene rings is 2. The van der Waals surface area contributed by atoms with E-state index in [1.54, 1.807) is 0 Å². The van der Waals surface area contributed by atoms with Crippen molar-refractivity contribution in [3.05, 3.63) is 64.0 Å². The van der Waals surface area contributed by atoms with Gasteiger partial charge in [0, 0.05) is 6.07 Å². The summed E-state index contributed by atoms with van der Waals surface area (Å²) in [6.07, 6.45) is 0.0373. The third-order valence-electron chi connectivity index (χ3n) is 4.03. The molecule has 0 saturated heterocycles. The number of carbonyl (C=O) groups is 2. The normalized spacial score (nSPS) is 13.1. The van der Waals surface area contributed by atoms with Crippen LogP contribution in [0, 0.1) is 23.3 Å². The van der Waals surface area contributed by atoms with Crippen LogP contribution < -0.4 is 4.80 Å². The fourth-order valence-electron chi connectivity index (χ4n) is 2.73. The number of hydrogen-bond donors (Lipinski definition) is 1. The first kappa shape index (κ1) is 19.7. The molecule has 1 unspecified atom stereocenters. The summed E-state index contributed by atoms with van der Waals surface area (Å²) < 4.78 is 56.2. The van der Waals surface area contributed by atoms with Gasteiger partial charge in [-0.1, -0.05) is 24.3 Å². The molecular weight excluding hydrogens is 400 g/mol. The maximum absolute atomic E-state index is 13.8. The van der Waals surface area contributed by atoms with Crippen LogP contribution in [0.4, 0.5) is 17.6 Å². The van der Waals surface area contributed by atoms with Crippen molar-refractivity contribution < 1.29 is 32.3 Å². The molecule has 5 nitrogen and oxygen atoms in total. The molecule has 0 saturated carbocycles. The molecule has 28 heavy (non-hydrogen) atoms. The van der Waals surface area contributed by atoms with Crippen LogP contribution >= 0.6 is 11.3 Å². The number of fused-ring (bicyclic) bond motifs is 1. The molecule has 1 amide bonds. The zero-order chi connectivity index (χ0) is 20.6. The Morgan fingerprint density at radius 3 is 2.29 bits per heavy atom. The summed E-state index contributed by atoms with van der Waals surface area (Å²) in [7, 11) is 0. The zero-order valence-corrected chi connectivity index (χ0v) is 15.1. The lowest BCUT2D eigenvalue weighted by molar-refractivity contribution is -0.140. The van der Waals surface area contributed by atoms with Gasteiger partial charge in [0.05, 0.1) is 10.2 Å². The lowest BCUT2D eigenvalue weighted by Crippen LogP contribution is -2.27. The van der Waals surface area contributed by atoms with Crippen molar-refractivity contribution in [2.45, 2.75) is 19.4 Å². The first-order valence-corrected chi connectivity index (χ1v) is 8.82. The predicted molar refractivity (Wildman–Crippen MR) is 92.9 cm³/mol. The van der Waals surface area contributed by atoms with Gasteiger partial charge in [-0.2, -0.15) is 4.99 Å². The standard InChI is InChI=1S/C18H12F4N2O3S/c1-2-12(17(26)27)24-13-6-10(21)11(22)7-14(13)28-18(24)23-16(25)15-8(19)4-3-5-9(15)20/h3-7,12H,2H2,1H3,(H,26,27). The smallest absolute Gasteiger partial charge is 0.326 e. The Bertz CT molecular complexity index is 1150. The van der Waals surface area contributed by atoms with E-state index in [9.17, 15) is 32.3 Å². The number of carbonyl (C=O) groups excluding carboxylic acids is 1. The van der Waals surface area contributed by atoms with Crippen molar-refractivity contribution in [1.82, 2.24) is 4.57 Å². The van der Waals surface area contributed by atoms with E-state index in [1.807, 2.05) is 0 Å². The number of thiazole rings is 1. The van der Waals surface area contributed by atoms with Gasteiger partial charge >= 0.3 is 5.97 Å². The van der Waals surface area contributed by atoms with Crippen LogP contribution in [0.3, 0.4) is 0 Å². The Morgan fingerprint density at radius 2 is 1.71 bits per heavy atom. The quantitative estimate of drug-likeness (QED) is 0.658. The molecule has 10 heteroatoms. The summed E-state index contributed by atoms with van der Waals surface area (Å²) in [5.74, 6) is -7.22. The topological polar surface area (TPSA) is 71.7 Å². The third-order valence-corrected chi connectivity index (χ3v) is 5.04. The fraction of sp³-hybridized carbons (Fsp3) is 0.167. The SMILES string of the molecule is CCC(C(=O)O)n1c(=NC(=O)c2c(F)cccc2F)sc2cc(F)c(F)cc21. The van der Waals surface area contributed by atoms with E-state index >= 15 is 0 Å². The van der Waals surface area contributed by atoms with E-state index in [2.05, 4.69) is 4.99 Å². The van der Waals surface area contributed by atoms with Crippen molar-refractivity contribution >= 4 is 33.4 Å². The van der Waals surface area contributed by atoms with Crippen LogP contribution in [0.15, 0.2) is 35.3 Å². The van der Waals surface area contributed by atoms with Crippen LogP contribution in [0.25, 0.3) is 10.2 Å². The molecule has 0 aliphatic heterocycles. The van der Waals surface area contributed by atoms with Gasteiger partial charge in [0.15, 0.2) is 16.4 Å². The molecule has 2 aromatic carbocycles. The lowest BCUT2D eigenvalue weighted by atomic mass is 10.2. The molecule has 146 valence electrons. The molecule has 0 aliphatic carbocycles. The number of hydrogen-bond acceptors (Lipinski definition) is 3. The van der Waals surface area contributed by atoms with Gasteiger partial charge in [-0.3, -0.25) is 4.79 Å². The van der Waals surface area contributed by atoms with E-state index in [0.29, 0.717) is 11.3 Å². The van der Waals surface area contributed by atoms with Crippen molar-refractivity contribution in [3.63, 3.8) is 0 Å². The Kier molecular flexibility index (Phi) is 5.32. The molecule has 3 aromatic rings. The summed E-state index contributed by atoms with van der Waals surface area (Å²) in [6.45, 7) is 1.54. The number of carboxylic acids is 1. The molecule has 1 aromatic heterocycles. The lowest BCUT2D eigenvalue weighted by Gasteiger charge is -2.13. The van der Waals surface area contributed by atoms with Crippen LogP contribution in [0.5, 0.6) is 0 Å². The Balaban J connectivity index is 2.32. The zero-order valence-electron chi connectivity index (χ0n) is 14.2. The fourth-order valence-corrected chi connectivity index (χ4v) is 3.80. The van der Waals surface area contributed by atoms with Crippen LogP contribution in [-0.4, -0.2) is 21.6 Å². The third kappa shape index (κ3) is 3.42. The van der Waals surface area contributed by atoms with Gasteiger partial charge in [-0.15, -0.1) is 0 Å². The number of aliphatic carboxylic acids is 1. The Labute approximate surface area is 159 Å². The maximum Gasteiger partial charge on any atom is 0.326 e. The van der Waals surface area contributed by atoms with Gasteiger partial charge in [-0.05, 0) is 24.6 Å². The van der Waals surface area contributed by atoms with Gasteiger partial charge < -0.3 is 9.67 Å². The van der Waals surface area contributed by atoms with Gasteiger partial charge in [0.2, 0.25) is 0 Å². The number of rotatable bonds is 4. The molecule has 0 spiro atoms. The van der Waals surface area contributed by atoms with Gasteiger partial charge in [0.1, 0.15) is 23.2 Å². The first-order chi connectivity index (χ1) is 13.2. The second-order valence-electron chi connectivity index (χ2n) is 5.76. The summed E-state index contributed by atoms with van der Waals surface area (Å²) in [5.41, 5.74) is -0.911. The average Bonchev–Trinajstić information content (AvgIpc) is 2.92. The van der Waals surface area contributed by atoms with E-state index in [-0.39, 0.29) is 21.4 Å². The number of carboxylic acid groups (broad SMARTS) is 1. The van der Waals surface area contributed by atoms with E-state index in [1.165, 1.54) is 6.92 Å². The minimum absolute atomic E-state index is 0.00120. The van der Waals surface area contributed by atoms with Gasteiger partial charge in [-0.25, -0.2) is 22.4 Å². The molecule has 0 aliphatic rings. The molecule has 3 rings (SSSR count). The average molecular weight is 412 g/mol. The summed E-state index contributed by atoms with van der Waals surface area (Å²) in [4.78, 5) is 27.4. The second-order valence-corrected chi connectivity index (χ2v) is 6.77. The van der Waals surface area contributed by atoms with E-state index in [4.69, 9.17) is 0 Å². The molecule has 1 N–H and O–H groups in total. The van der Waals surface area contributed by atoms with Crippen molar-refractivity contribution in [2.75, 3.05) is 0 Å². The number of aromatic nitrogens is 1. The van der Waals surface area contributed by atoms with Crippen LogP contribution in [-0.2, 0) is 4.79 Å². The molecule has 0 fully saturated rings. The number of halogens is 4. The monoisotopic (exact) mass is 412 g/mol. The predicted octanol–water partition coefficient (Wildman–Crippen LogP) is 4.04. The Morgan fingerprint density at radius 1 is 1.11 bits per heavy atom. The molecule has 0 radical (unpaired) electrons. The first-order valence-electron chi connectivity index (χ1n) is 8.00. The largest absolute Gasteiger partial charge is 0.480 e. The minimum Gasteiger partial charge on any atom is -0.480 e. The van der Waals surface area contributed by atoms with Crippen molar-refractivity contribution in [2.24, 2.45) is 4.99 Å². The number of nitrogens with zero attached hydrogens (tertiary/aromatic N) is 2. The highest BCUT2D eigenvalue weighted by atomic mass is 32.1. The summed E-state index contributed by atoms with van der Waals surface area (Å²) in [5, 5.41) is 9.46. The second kappa shape index (κ2) is 7.55. The molecule has 1 atom stereocenters. The highest BCUT2D eigenvalue weighted by Gasteiger charge is 2.24. The van der Waals surface area contributed by atoms with Crippen molar-refractivity contribution in [3.8, 4) is 0 Å². The van der Waals surface area contributed by atoms with E-state index in [0.717, 1.165) is 34.9 Å². The van der Waals surface area contributed by atoms with E-state index < -0.39 is 46.8 Å². The van der Waals surface area contributed by atoms with Crippen LogP contribution in [0.1, 0.15) is 29.7 Å². The Hall–Kier alpha value is -3.01. The summed E-state index contributed by atoms with van der Waals surface area (Å²) in [6, 6.07) is 3.21. The highest BCUT2D eigenvalue weighted by molar-refractivity contribution is 7.16. The number of amides is 1. The molecular formula is C18H12F4N2O3S. The molecule has 0 bridgehead atoms. The summed E-state index contributed by atoms with van der Waals surface area (Å²) >= 11 is 0.703. The highest BCUT2D eigenvalue weighted by Crippen LogP contribution is 2.25. The van der Waals surface area contributed by atoms with Crippen molar-refractivity contribution in [1.29, 1.82) is 0 Å². The van der Waals surface area contributed by atoms with Crippen LogP contribution in [0.2, 0.25) is 0 Å². The maximum atomic E-state index is 13.8. The van der Waals surface area contributed by atoms with Gasteiger partial charge in [0.25, 0.3) is 5.91 Å². The minimum atomic E-state index is -1.29. The molecule has 1 heterocycles.